The van der Waals surface area contributed by atoms with Crippen molar-refractivity contribution >= 4 is 28.9 Å². The van der Waals surface area contributed by atoms with Crippen molar-refractivity contribution in [1.82, 2.24) is 4.90 Å². The summed E-state index contributed by atoms with van der Waals surface area (Å²) in [6, 6.07) is 5.92. The number of hydrogen-bond acceptors (Lipinski definition) is 2. The third-order valence-electron chi connectivity index (χ3n) is 3.85. The first-order valence-electron chi connectivity index (χ1n) is 6.65. The van der Waals surface area contributed by atoms with E-state index >= 15 is 0 Å². The highest BCUT2D eigenvalue weighted by Gasteiger charge is 2.26. The topological polar surface area (TPSA) is 6.48 Å². The quantitative estimate of drug-likeness (QED) is 0.838. The van der Waals surface area contributed by atoms with Crippen LogP contribution in [0.25, 0.3) is 0 Å². The van der Waals surface area contributed by atoms with Crippen LogP contribution in [-0.4, -0.2) is 37.6 Å². The first kappa shape index (κ1) is 12.6. The molecule has 0 amide bonds. The maximum Gasteiger partial charge on any atom is 0.0612 e. The zero-order chi connectivity index (χ0) is 12.5. The van der Waals surface area contributed by atoms with Crippen molar-refractivity contribution in [2.45, 2.75) is 12.8 Å². The van der Waals surface area contributed by atoms with Gasteiger partial charge in [-0.3, -0.25) is 4.90 Å². The normalized spacial score (nSPS) is 21.3. The SMILES string of the molecule is Clc1ccc(N2CCN(CC3CC3)CC2)cc1Cl. The third kappa shape index (κ3) is 2.93. The zero-order valence-corrected chi connectivity index (χ0v) is 11.9. The van der Waals surface area contributed by atoms with Gasteiger partial charge in [0.05, 0.1) is 10.0 Å². The minimum absolute atomic E-state index is 0.632. The molecule has 0 aromatic heterocycles. The molecule has 0 unspecified atom stereocenters. The van der Waals surface area contributed by atoms with Crippen molar-refractivity contribution in [3.63, 3.8) is 0 Å². The molecule has 3 rings (SSSR count). The summed E-state index contributed by atoms with van der Waals surface area (Å²) in [5.74, 6) is 0.988. The molecule has 4 heteroatoms. The van der Waals surface area contributed by atoms with E-state index in [1.807, 2.05) is 12.1 Å². The van der Waals surface area contributed by atoms with Crippen LogP contribution in [0.2, 0.25) is 10.0 Å². The second-order valence-corrected chi connectivity index (χ2v) is 6.14. The molecule has 0 bridgehead atoms. The standard InChI is InChI=1S/C14H18Cl2N2/c15-13-4-3-12(9-14(13)16)18-7-5-17(6-8-18)10-11-1-2-11/h3-4,9,11H,1-2,5-8,10H2. The Labute approximate surface area is 118 Å². The van der Waals surface area contributed by atoms with Crippen molar-refractivity contribution < 1.29 is 0 Å². The Morgan fingerprint density at radius 2 is 1.72 bits per heavy atom. The summed E-state index contributed by atoms with van der Waals surface area (Å²) in [7, 11) is 0. The lowest BCUT2D eigenvalue weighted by atomic mass is 10.2. The van der Waals surface area contributed by atoms with Gasteiger partial charge in [0.25, 0.3) is 0 Å². The molecule has 0 N–H and O–H groups in total. The minimum Gasteiger partial charge on any atom is -0.369 e. The molecule has 2 nitrogen and oxygen atoms in total. The molecule has 1 saturated carbocycles. The number of piperazine rings is 1. The van der Waals surface area contributed by atoms with Crippen molar-refractivity contribution in [3.05, 3.63) is 28.2 Å². The fourth-order valence-corrected chi connectivity index (χ4v) is 2.83. The smallest absolute Gasteiger partial charge is 0.0612 e. The summed E-state index contributed by atoms with van der Waals surface area (Å²) in [5, 5.41) is 1.28. The van der Waals surface area contributed by atoms with Gasteiger partial charge in [0.15, 0.2) is 0 Å². The molecular formula is C14H18Cl2N2. The molecule has 0 atom stereocenters. The van der Waals surface area contributed by atoms with Crippen LogP contribution in [0.3, 0.4) is 0 Å². The second kappa shape index (κ2) is 5.28. The van der Waals surface area contributed by atoms with E-state index in [-0.39, 0.29) is 0 Å². The first-order valence-corrected chi connectivity index (χ1v) is 7.40. The van der Waals surface area contributed by atoms with Crippen molar-refractivity contribution in [3.8, 4) is 0 Å². The Kier molecular flexibility index (Phi) is 3.69. The Balaban J connectivity index is 1.59. The number of nitrogens with zero attached hydrogens (tertiary/aromatic N) is 2. The van der Waals surface area contributed by atoms with Crippen molar-refractivity contribution in [1.29, 1.82) is 0 Å². The summed E-state index contributed by atoms with van der Waals surface area (Å²) >= 11 is 12.0. The Bertz CT molecular complexity index is 424. The van der Waals surface area contributed by atoms with Crippen LogP contribution in [0.5, 0.6) is 0 Å². The monoisotopic (exact) mass is 284 g/mol. The predicted octanol–water partition coefficient (Wildman–Crippen LogP) is 3.53. The third-order valence-corrected chi connectivity index (χ3v) is 4.59. The van der Waals surface area contributed by atoms with E-state index in [1.165, 1.54) is 25.1 Å². The van der Waals surface area contributed by atoms with E-state index in [2.05, 4.69) is 15.9 Å². The van der Waals surface area contributed by atoms with Crippen molar-refractivity contribution in [2.24, 2.45) is 5.92 Å². The number of anilines is 1. The second-order valence-electron chi connectivity index (χ2n) is 5.33. The molecule has 0 spiro atoms. The van der Waals surface area contributed by atoms with E-state index in [0.717, 1.165) is 32.1 Å². The summed E-state index contributed by atoms with van der Waals surface area (Å²) < 4.78 is 0. The Morgan fingerprint density at radius 3 is 2.33 bits per heavy atom. The van der Waals surface area contributed by atoms with Crippen LogP contribution in [-0.2, 0) is 0 Å². The van der Waals surface area contributed by atoms with Gasteiger partial charge in [-0.15, -0.1) is 0 Å². The lowest BCUT2D eigenvalue weighted by Crippen LogP contribution is -2.47. The lowest BCUT2D eigenvalue weighted by Gasteiger charge is -2.36. The van der Waals surface area contributed by atoms with Crippen molar-refractivity contribution in [2.75, 3.05) is 37.6 Å². The van der Waals surface area contributed by atoms with E-state index in [9.17, 15) is 0 Å². The Hall–Kier alpha value is -0.440. The summed E-state index contributed by atoms with van der Waals surface area (Å²) in [5.41, 5.74) is 1.19. The van der Waals surface area contributed by atoms with E-state index in [1.54, 1.807) is 0 Å². The maximum absolute atomic E-state index is 6.07. The zero-order valence-electron chi connectivity index (χ0n) is 10.4. The average molecular weight is 285 g/mol. The van der Waals surface area contributed by atoms with E-state index in [0.29, 0.717) is 10.0 Å². The number of halogens is 2. The van der Waals surface area contributed by atoms with Gasteiger partial charge in [0.2, 0.25) is 0 Å². The van der Waals surface area contributed by atoms with Crippen LogP contribution in [0.15, 0.2) is 18.2 Å². The van der Waals surface area contributed by atoms with Gasteiger partial charge in [-0.1, -0.05) is 23.2 Å². The fourth-order valence-electron chi connectivity index (χ4n) is 2.54. The highest BCUT2D eigenvalue weighted by Crippen LogP contribution is 2.31. The predicted molar refractivity (Wildman–Crippen MR) is 77.8 cm³/mol. The molecule has 1 aliphatic carbocycles. The maximum atomic E-state index is 6.07. The van der Waals surface area contributed by atoms with Gasteiger partial charge in [-0.05, 0) is 37.0 Å². The minimum atomic E-state index is 0.632. The highest BCUT2D eigenvalue weighted by molar-refractivity contribution is 6.42. The molecule has 98 valence electrons. The molecular weight excluding hydrogens is 267 g/mol. The van der Waals surface area contributed by atoms with Crippen LogP contribution in [0, 0.1) is 5.92 Å². The lowest BCUT2D eigenvalue weighted by molar-refractivity contribution is 0.248. The fraction of sp³-hybridized carbons (Fsp3) is 0.571. The van der Waals surface area contributed by atoms with Gasteiger partial charge in [-0.25, -0.2) is 0 Å². The van der Waals surface area contributed by atoms with Crippen LogP contribution in [0.1, 0.15) is 12.8 Å². The first-order chi connectivity index (χ1) is 8.72. The molecule has 1 aliphatic heterocycles. The molecule has 2 aliphatic rings. The largest absolute Gasteiger partial charge is 0.369 e. The van der Waals surface area contributed by atoms with Gasteiger partial charge in [0.1, 0.15) is 0 Å². The molecule has 1 saturated heterocycles. The summed E-state index contributed by atoms with van der Waals surface area (Å²) in [6.07, 6.45) is 2.88. The number of hydrogen-bond donors (Lipinski definition) is 0. The summed E-state index contributed by atoms with van der Waals surface area (Å²) in [6.45, 7) is 5.80. The molecule has 1 aromatic carbocycles. The molecule has 1 aromatic rings. The van der Waals surface area contributed by atoms with Gasteiger partial charge in [-0.2, -0.15) is 0 Å². The van der Waals surface area contributed by atoms with Crippen LogP contribution in [0.4, 0.5) is 5.69 Å². The molecule has 2 fully saturated rings. The van der Waals surface area contributed by atoms with Crippen LogP contribution < -0.4 is 4.90 Å². The highest BCUT2D eigenvalue weighted by atomic mass is 35.5. The summed E-state index contributed by atoms with van der Waals surface area (Å²) in [4.78, 5) is 4.98. The van der Waals surface area contributed by atoms with E-state index < -0.39 is 0 Å². The molecule has 0 radical (unpaired) electrons. The number of benzene rings is 1. The van der Waals surface area contributed by atoms with E-state index in [4.69, 9.17) is 23.2 Å². The van der Waals surface area contributed by atoms with Gasteiger partial charge < -0.3 is 4.90 Å². The van der Waals surface area contributed by atoms with Crippen LogP contribution >= 0.6 is 23.2 Å². The molecule has 18 heavy (non-hydrogen) atoms. The van der Waals surface area contributed by atoms with Gasteiger partial charge >= 0.3 is 0 Å². The Morgan fingerprint density at radius 1 is 1.00 bits per heavy atom. The number of rotatable bonds is 3. The molecule has 1 heterocycles. The average Bonchev–Trinajstić information content (AvgIpc) is 3.18. The van der Waals surface area contributed by atoms with Gasteiger partial charge in [0, 0.05) is 38.4 Å².